The average Bonchev–Trinajstić information content (AvgIpc) is 2.44. The van der Waals surface area contributed by atoms with E-state index in [4.69, 9.17) is 11.6 Å². The molecule has 0 heterocycles. The molecule has 0 fully saturated rings. The Morgan fingerprint density at radius 3 is 2.38 bits per heavy atom. The molecule has 0 aliphatic rings. The molecule has 1 atom stereocenters. The Bertz CT molecular complexity index is 655. The largest absolute Gasteiger partial charge is 0.306 e. The lowest BCUT2D eigenvalue weighted by Crippen LogP contribution is -2.23. The van der Waals surface area contributed by atoms with Crippen LogP contribution in [0.25, 0.3) is 0 Å². The van der Waals surface area contributed by atoms with Crippen molar-refractivity contribution in [3.63, 3.8) is 0 Å². The standard InChI is InChI=1S/C17H18ClF2N/c1-4-21-17(12-5-6-14(18)10(2)7-12)13-9-15(19)11(3)8-16(13)20/h5-9,17,21H,4H2,1-3H3. The fourth-order valence-electron chi connectivity index (χ4n) is 2.34. The molecule has 0 spiro atoms. The Labute approximate surface area is 128 Å². The van der Waals surface area contributed by atoms with Crippen LogP contribution < -0.4 is 5.32 Å². The quantitative estimate of drug-likeness (QED) is 0.844. The molecule has 4 heteroatoms. The van der Waals surface area contributed by atoms with E-state index in [1.165, 1.54) is 12.1 Å². The molecule has 0 bridgehead atoms. The molecule has 0 aliphatic heterocycles. The molecule has 112 valence electrons. The van der Waals surface area contributed by atoms with Crippen molar-refractivity contribution in [1.29, 1.82) is 0 Å². The van der Waals surface area contributed by atoms with E-state index in [0.717, 1.165) is 11.1 Å². The highest BCUT2D eigenvalue weighted by Crippen LogP contribution is 2.28. The maximum Gasteiger partial charge on any atom is 0.128 e. The van der Waals surface area contributed by atoms with E-state index in [0.29, 0.717) is 22.7 Å². The normalized spacial score (nSPS) is 12.5. The van der Waals surface area contributed by atoms with Crippen molar-refractivity contribution in [2.45, 2.75) is 26.8 Å². The van der Waals surface area contributed by atoms with Crippen molar-refractivity contribution in [1.82, 2.24) is 5.32 Å². The zero-order valence-corrected chi connectivity index (χ0v) is 13.1. The van der Waals surface area contributed by atoms with E-state index < -0.39 is 17.7 Å². The third-order valence-electron chi connectivity index (χ3n) is 3.51. The van der Waals surface area contributed by atoms with Gasteiger partial charge in [0.05, 0.1) is 6.04 Å². The minimum atomic E-state index is -0.410. The Balaban J connectivity index is 2.52. The lowest BCUT2D eigenvalue weighted by molar-refractivity contribution is 0.541. The molecule has 0 radical (unpaired) electrons. The number of hydrogen-bond donors (Lipinski definition) is 1. The van der Waals surface area contributed by atoms with Crippen LogP contribution in [0.2, 0.25) is 5.02 Å². The summed E-state index contributed by atoms with van der Waals surface area (Å²) < 4.78 is 28.0. The Morgan fingerprint density at radius 2 is 1.76 bits per heavy atom. The van der Waals surface area contributed by atoms with Gasteiger partial charge in [0.2, 0.25) is 0 Å². The van der Waals surface area contributed by atoms with Crippen LogP contribution in [0.15, 0.2) is 30.3 Å². The fourth-order valence-corrected chi connectivity index (χ4v) is 2.46. The fraction of sp³-hybridized carbons (Fsp3) is 0.294. The summed E-state index contributed by atoms with van der Waals surface area (Å²) >= 11 is 6.03. The van der Waals surface area contributed by atoms with Crippen LogP contribution in [0.4, 0.5) is 8.78 Å². The molecular formula is C17H18ClF2N. The van der Waals surface area contributed by atoms with Crippen molar-refractivity contribution in [3.05, 3.63) is 69.2 Å². The molecule has 21 heavy (non-hydrogen) atoms. The van der Waals surface area contributed by atoms with Gasteiger partial charge in [0.1, 0.15) is 11.6 Å². The summed E-state index contributed by atoms with van der Waals surface area (Å²) in [6.07, 6.45) is 0. The zero-order valence-electron chi connectivity index (χ0n) is 12.3. The van der Waals surface area contributed by atoms with Gasteiger partial charge in [0, 0.05) is 10.6 Å². The third kappa shape index (κ3) is 3.42. The van der Waals surface area contributed by atoms with E-state index in [2.05, 4.69) is 5.32 Å². The summed E-state index contributed by atoms with van der Waals surface area (Å²) in [6, 6.07) is 7.60. The van der Waals surface area contributed by atoms with Crippen molar-refractivity contribution < 1.29 is 8.78 Å². The first-order valence-corrected chi connectivity index (χ1v) is 7.26. The maximum atomic E-state index is 14.2. The smallest absolute Gasteiger partial charge is 0.128 e. The summed E-state index contributed by atoms with van der Waals surface area (Å²) in [4.78, 5) is 0. The van der Waals surface area contributed by atoms with Crippen LogP contribution in [-0.4, -0.2) is 6.54 Å². The lowest BCUT2D eigenvalue weighted by atomic mass is 9.95. The van der Waals surface area contributed by atoms with Gasteiger partial charge in [0.15, 0.2) is 0 Å². The summed E-state index contributed by atoms with van der Waals surface area (Å²) in [6.45, 7) is 6.01. The first kappa shape index (κ1) is 15.9. The zero-order chi connectivity index (χ0) is 15.6. The molecule has 2 rings (SSSR count). The monoisotopic (exact) mass is 309 g/mol. The number of hydrogen-bond acceptors (Lipinski definition) is 1. The van der Waals surface area contributed by atoms with Gasteiger partial charge in [0.25, 0.3) is 0 Å². The van der Waals surface area contributed by atoms with Crippen molar-refractivity contribution in [2.24, 2.45) is 0 Å². The molecule has 0 aromatic heterocycles. The van der Waals surface area contributed by atoms with Gasteiger partial charge in [-0.3, -0.25) is 0 Å². The maximum absolute atomic E-state index is 14.2. The minimum Gasteiger partial charge on any atom is -0.306 e. The van der Waals surface area contributed by atoms with Crippen LogP contribution in [0.1, 0.15) is 35.2 Å². The molecule has 1 N–H and O–H groups in total. The average molecular weight is 310 g/mol. The number of benzene rings is 2. The molecule has 0 amide bonds. The van der Waals surface area contributed by atoms with Gasteiger partial charge in [-0.2, -0.15) is 0 Å². The van der Waals surface area contributed by atoms with E-state index in [1.807, 2.05) is 26.0 Å². The molecular weight excluding hydrogens is 292 g/mol. The van der Waals surface area contributed by atoms with Crippen LogP contribution in [-0.2, 0) is 0 Å². The SMILES string of the molecule is CCNC(c1ccc(Cl)c(C)c1)c1cc(F)c(C)cc1F. The number of nitrogens with one attached hydrogen (secondary N) is 1. The first-order chi connectivity index (χ1) is 9.93. The molecule has 1 nitrogen and oxygen atoms in total. The highest BCUT2D eigenvalue weighted by Gasteiger charge is 2.19. The molecule has 1 unspecified atom stereocenters. The topological polar surface area (TPSA) is 12.0 Å². The minimum absolute atomic E-state index is 0.304. The predicted molar refractivity (Wildman–Crippen MR) is 82.8 cm³/mol. The summed E-state index contributed by atoms with van der Waals surface area (Å²) in [5, 5.41) is 3.86. The molecule has 2 aromatic carbocycles. The third-order valence-corrected chi connectivity index (χ3v) is 3.94. The van der Waals surface area contributed by atoms with E-state index in [1.54, 1.807) is 13.0 Å². The Hall–Kier alpha value is -1.45. The Kier molecular flexibility index (Phi) is 4.96. The summed E-state index contributed by atoms with van der Waals surface area (Å²) in [5.74, 6) is -0.813. The second-order valence-corrected chi connectivity index (χ2v) is 5.53. The predicted octanol–water partition coefficient (Wildman–Crippen LogP) is 4.93. The Morgan fingerprint density at radius 1 is 1.05 bits per heavy atom. The van der Waals surface area contributed by atoms with Crippen molar-refractivity contribution >= 4 is 11.6 Å². The van der Waals surface area contributed by atoms with Crippen molar-refractivity contribution in [3.8, 4) is 0 Å². The van der Waals surface area contributed by atoms with Gasteiger partial charge in [-0.1, -0.05) is 30.7 Å². The molecule has 2 aromatic rings. The van der Waals surface area contributed by atoms with Crippen LogP contribution in [0, 0.1) is 25.5 Å². The number of aryl methyl sites for hydroxylation is 2. The molecule has 0 saturated carbocycles. The van der Waals surface area contributed by atoms with E-state index in [9.17, 15) is 8.78 Å². The number of rotatable bonds is 4. The highest BCUT2D eigenvalue weighted by molar-refractivity contribution is 6.31. The van der Waals surface area contributed by atoms with Gasteiger partial charge in [-0.25, -0.2) is 8.78 Å². The number of halogens is 3. The van der Waals surface area contributed by atoms with Crippen LogP contribution in [0.3, 0.4) is 0 Å². The van der Waals surface area contributed by atoms with Crippen molar-refractivity contribution in [2.75, 3.05) is 6.54 Å². The molecule has 0 aliphatic carbocycles. The van der Waals surface area contributed by atoms with Crippen LogP contribution in [0.5, 0.6) is 0 Å². The van der Waals surface area contributed by atoms with E-state index >= 15 is 0 Å². The summed E-state index contributed by atoms with van der Waals surface area (Å²) in [7, 11) is 0. The highest BCUT2D eigenvalue weighted by atomic mass is 35.5. The van der Waals surface area contributed by atoms with Gasteiger partial charge in [-0.15, -0.1) is 0 Å². The van der Waals surface area contributed by atoms with Gasteiger partial charge < -0.3 is 5.32 Å². The first-order valence-electron chi connectivity index (χ1n) is 6.89. The summed E-state index contributed by atoms with van der Waals surface area (Å²) in [5.41, 5.74) is 2.38. The molecule has 0 saturated heterocycles. The van der Waals surface area contributed by atoms with E-state index in [-0.39, 0.29) is 0 Å². The van der Waals surface area contributed by atoms with Gasteiger partial charge >= 0.3 is 0 Å². The van der Waals surface area contributed by atoms with Crippen LogP contribution >= 0.6 is 11.6 Å². The van der Waals surface area contributed by atoms with Gasteiger partial charge in [-0.05, 0) is 55.3 Å². The second-order valence-electron chi connectivity index (χ2n) is 5.12. The lowest BCUT2D eigenvalue weighted by Gasteiger charge is -2.21. The second kappa shape index (κ2) is 6.54.